The standard InChI is InChI=1S/C15H15Cl3F3NO3/c1-9(2)22-25-6-5-24-14-11(15(19,20)21)7-10(8-12(14)16)23-4-3-13(17)18/h3,7-8H,4-6H2,1-2H3. The van der Waals surface area contributed by atoms with Crippen molar-refractivity contribution >= 4 is 40.5 Å². The van der Waals surface area contributed by atoms with Crippen LogP contribution in [0.3, 0.4) is 0 Å². The van der Waals surface area contributed by atoms with E-state index in [1.807, 2.05) is 0 Å². The van der Waals surface area contributed by atoms with Crippen LogP contribution < -0.4 is 9.47 Å². The first-order valence-corrected chi connectivity index (χ1v) is 8.05. The maximum atomic E-state index is 13.2. The molecule has 0 spiro atoms. The van der Waals surface area contributed by atoms with Gasteiger partial charge in [-0.05, 0) is 26.0 Å². The molecule has 0 aliphatic carbocycles. The first-order chi connectivity index (χ1) is 11.6. The molecule has 0 fully saturated rings. The van der Waals surface area contributed by atoms with Gasteiger partial charge >= 0.3 is 6.18 Å². The van der Waals surface area contributed by atoms with Gasteiger partial charge in [0.15, 0.2) is 12.4 Å². The lowest BCUT2D eigenvalue weighted by Gasteiger charge is -2.17. The second-order valence-electron chi connectivity index (χ2n) is 4.80. The number of alkyl halides is 3. The maximum Gasteiger partial charge on any atom is 0.420 e. The van der Waals surface area contributed by atoms with Crippen LogP contribution in [0.25, 0.3) is 0 Å². The van der Waals surface area contributed by atoms with Gasteiger partial charge in [0.1, 0.15) is 29.0 Å². The topological polar surface area (TPSA) is 40.0 Å². The average molecular weight is 421 g/mol. The summed E-state index contributed by atoms with van der Waals surface area (Å²) in [6, 6.07) is 1.99. The van der Waals surface area contributed by atoms with Crippen molar-refractivity contribution in [1.29, 1.82) is 0 Å². The Bertz CT molecular complexity index is 641. The van der Waals surface area contributed by atoms with Crippen LogP contribution in [0.15, 0.2) is 27.9 Å². The van der Waals surface area contributed by atoms with E-state index in [0.29, 0.717) is 5.71 Å². The molecule has 0 radical (unpaired) electrons. The molecule has 0 N–H and O–H groups in total. The van der Waals surface area contributed by atoms with Crippen molar-refractivity contribution in [3.8, 4) is 11.5 Å². The molecule has 4 nitrogen and oxygen atoms in total. The lowest BCUT2D eigenvalue weighted by atomic mass is 10.2. The van der Waals surface area contributed by atoms with E-state index in [1.54, 1.807) is 13.8 Å². The summed E-state index contributed by atoms with van der Waals surface area (Å²) in [4.78, 5) is 4.86. The molecule has 0 saturated heterocycles. The molecule has 1 aromatic rings. The Labute approximate surface area is 158 Å². The van der Waals surface area contributed by atoms with Gasteiger partial charge in [-0.3, -0.25) is 0 Å². The second-order valence-corrected chi connectivity index (χ2v) is 6.22. The number of nitrogens with zero attached hydrogens (tertiary/aromatic N) is 1. The van der Waals surface area contributed by atoms with Crippen molar-refractivity contribution in [2.24, 2.45) is 5.16 Å². The van der Waals surface area contributed by atoms with E-state index in [-0.39, 0.29) is 35.1 Å². The van der Waals surface area contributed by atoms with Crippen LogP contribution >= 0.6 is 34.8 Å². The Morgan fingerprint density at radius 2 is 1.84 bits per heavy atom. The van der Waals surface area contributed by atoms with Crippen LogP contribution in [0.1, 0.15) is 19.4 Å². The minimum absolute atomic E-state index is 0.0317. The monoisotopic (exact) mass is 419 g/mol. The molecule has 0 heterocycles. The quantitative estimate of drug-likeness (QED) is 0.301. The summed E-state index contributed by atoms with van der Waals surface area (Å²) in [5.41, 5.74) is -0.396. The second kappa shape index (κ2) is 9.99. The number of halogens is 6. The highest BCUT2D eigenvalue weighted by Gasteiger charge is 2.36. The van der Waals surface area contributed by atoms with Gasteiger partial charge in [-0.2, -0.15) is 13.2 Å². The van der Waals surface area contributed by atoms with Crippen LogP contribution in [-0.2, 0) is 11.0 Å². The fourth-order valence-corrected chi connectivity index (χ4v) is 1.96. The molecule has 0 saturated carbocycles. The summed E-state index contributed by atoms with van der Waals surface area (Å²) < 4.78 is 49.9. The molecule has 0 amide bonds. The van der Waals surface area contributed by atoms with E-state index in [1.165, 1.54) is 12.1 Å². The minimum Gasteiger partial charge on any atom is -0.489 e. The van der Waals surface area contributed by atoms with Crippen molar-refractivity contribution in [3.05, 3.63) is 33.3 Å². The van der Waals surface area contributed by atoms with Crippen LogP contribution in [0.5, 0.6) is 11.5 Å². The third-order valence-electron chi connectivity index (χ3n) is 2.48. The van der Waals surface area contributed by atoms with Crippen LogP contribution in [0, 0.1) is 0 Å². The van der Waals surface area contributed by atoms with Crippen molar-refractivity contribution in [1.82, 2.24) is 0 Å². The predicted octanol–water partition coefficient (Wildman–Crippen LogP) is 5.85. The van der Waals surface area contributed by atoms with E-state index >= 15 is 0 Å². The lowest BCUT2D eigenvalue weighted by Crippen LogP contribution is -2.12. The van der Waals surface area contributed by atoms with Crippen LogP contribution in [0.4, 0.5) is 13.2 Å². The third-order valence-corrected chi connectivity index (χ3v) is 3.07. The Balaban J connectivity index is 2.92. The molecule has 140 valence electrons. The van der Waals surface area contributed by atoms with Crippen LogP contribution in [-0.4, -0.2) is 25.5 Å². The van der Waals surface area contributed by atoms with Gasteiger partial charge in [0.05, 0.1) is 10.7 Å². The van der Waals surface area contributed by atoms with Gasteiger partial charge in [-0.25, -0.2) is 0 Å². The molecule has 1 aromatic carbocycles. The molecule has 0 aromatic heterocycles. The van der Waals surface area contributed by atoms with Gasteiger partial charge in [-0.15, -0.1) is 0 Å². The minimum atomic E-state index is -4.68. The molecule has 25 heavy (non-hydrogen) atoms. The van der Waals surface area contributed by atoms with E-state index in [2.05, 4.69) is 5.16 Å². The average Bonchev–Trinajstić information content (AvgIpc) is 2.46. The highest BCUT2D eigenvalue weighted by Crippen LogP contribution is 2.43. The number of hydrogen-bond donors (Lipinski definition) is 0. The van der Waals surface area contributed by atoms with Gasteiger partial charge in [0.2, 0.25) is 0 Å². The van der Waals surface area contributed by atoms with Gasteiger partial charge in [0, 0.05) is 6.07 Å². The molecule has 0 atom stereocenters. The number of ether oxygens (including phenoxy) is 2. The zero-order valence-corrected chi connectivity index (χ0v) is 15.6. The van der Waals surface area contributed by atoms with Gasteiger partial charge < -0.3 is 14.3 Å². The number of hydrogen-bond acceptors (Lipinski definition) is 4. The van der Waals surface area contributed by atoms with Crippen molar-refractivity contribution in [2.45, 2.75) is 20.0 Å². The van der Waals surface area contributed by atoms with E-state index in [0.717, 1.165) is 6.07 Å². The summed E-state index contributed by atoms with van der Waals surface area (Å²) in [7, 11) is 0. The van der Waals surface area contributed by atoms with E-state index in [9.17, 15) is 13.2 Å². The largest absolute Gasteiger partial charge is 0.489 e. The third kappa shape index (κ3) is 8.07. The lowest BCUT2D eigenvalue weighted by molar-refractivity contribution is -0.139. The zero-order chi connectivity index (χ0) is 19.0. The first-order valence-electron chi connectivity index (χ1n) is 6.92. The Morgan fingerprint density at radius 1 is 1.16 bits per heavy atom. The Hall–Kier alpha value is -1.31. The highest BCUT2D eigenvalue weighted by atomic mass is 35.5. The fraction of sp³-hybridized carbons (Fsp3) is 0.400. The molecule has 0 unspecified atom stereocenters. The predicted molar refractivity (Wildman–Crippen MR) is 92.0 cm³/mol. The van der Waals surface area contributed by atoms with Crippen LogP contribution in [0.2, 0.25) is 5.02 Å². The van der Waals surface area contributed by atoms with Gasteiger partial charge in [-0.1, -0.05) is 40.0 Å². The summed E-state index contributed by atoms with van der Waals surface area (Å²) in [5.74, 6) is -0.605. The fourth-order valence-electron chi connectivity index (χ4n) is 1.57. The molecular formula is C15H15Cl3F3NO3. The molecule has 0 aliphatic rings. The molecule has 1 rings (SSSR count). The first kappa shape index (κ1) is 21.7. The van der Waals surface area contributed by atoms with Gasteiger partial charge in [0.25, 0.3) is 0 Å². The SMILES string of the molecule is CC(C)=NOCCOc1c(Cl)cc(OCC=C(Cl)Cl)cc1C(F)(F)F. The van der Waals surface area contributed by atoms with Crippen molar-refractivity contribution in [2.75, 3.05) is 19.8 Å². The summed E-state index contributed by atoms with van der Waals surface area (Å²) in [6.45, 7) is 3.12. The highest BCUT2D eigenvalue weighted by molar-refractivity contribution is 6.55. The number of oxime groups is 1. The Morgan fingerprint density at radius 3 is 2.40 bits per heavy atom. The Kier molecular flexibility index (Phi) is 8.68. The normalized spacial score (nSPS) is 10.9. The molecule has 10 heteroatoms. The maximum absolute atomic E-state index is 13.2. The molecule has 0 aliphatic heterocycles. The molecule has 0 bridgehead atoms. The smallest absolute Gasteiger partial charge is 0.420 e. The number of benzene rings is 1. The number of rotatable bonds is 8. The van der Waals surface area contributed by atoms with Crippen molar-refractivity contribution < 1.29 is 27.5 Å². The zero-order valence-electron chi connectivity index (χ0n) is 13.3. The van der Waals surface area contributed by atoms with E-state index in [4.69, 9.17) is 49.1 Å². The summed E-state index contributed by atoms with van der Waals surface area (Å²) in [5, 5.41) is 3.40. The summed E-state index contributed by atoms with van der Waals surface area (Å²) in [6.07, 6.45) is -3.40. The molecular weight excluding hydrogens is 406 g/mol. The van der Waals surface area contributed by atoms with E-state index < -0.39 is 17.5 Å². The summed E-state index contributed by atoms with van der Waals surface area (Å²) >= 11 is 16.7. The van der Waals surface area contributed by atoms with Crippen molar-refractivity contribution in [3.63, 3.8) is 0 Å².